The van der Waals surface area contributed by atoms with Crippen molar-refractivity contribution in [2.45, 2.75) is 39.0 Å². The standard InChI is InChI=1S/C30H26O2/c1-18(2)30(31)32-16-6-4-3-5-7-22-17-23-13-12-20-9-8-19-10-11-21-14-15-24(22)29-27(21)25(19)26(20)28(23)29/h8-15,17H,1,3-7,16H2,2H3. The van der Waals surface area contributed by atoms with E-state index in [0.29, 0.717) is 12.2 Å². The van der Waals surface area contributed by atoms with Gasteiger partial charge in [0.05, 0.1) is 6.61 Å². The van der Waals surface area contributed by atoms with E-state index < -0.39 is 0 Å². The van der Waals surface area contributed by atoms with E-state index in [9.17, 15) is 4.79 Å². The maximum absolute atomic E-state index is 11.5. The lowest BCUT2D eigenvalue weighted by Crippen LogP contribution is -2.06. The van der Waals surface area contributed by atoms with E-state index >= 15 is 0 Å². The molecule has 0 aliphatic heterocycles. The summed E-state index contributed by atoms with van der Waals surface area (Å²) in [6, 6.07) is 20.7. The third-order valence-corrected chi connectivity index (χ3v) is 7.03. The van der Waals surface area contributed by atoms with Crippen LogP contribution in [0, 0.1) is 0 Å². The summed E-state index contributed by atoms with van der Waals surface area (Å²) in [6.45, 7) is 5.79. The number of hydrogen-bond donors (Lipinski definition) is 0. The van der Waals surface area contributed by atoms with Gasteiger partial charge in [0, 0.05) is 5.57 Å². The number of carbonyl (C=O) groups excluding carboxylic acids is 1. The van der Waals surface area contributed by atoms with Crippen LogP contribution in [0.1, 0.15) is 38.2 Å². The van der Waals surface area contributed by atoms with Crippen LogP contribution in [-0.2, 0) is 16.0 Å². The van der Waals surface area contributed by atoms with Crippen LogP contribution in [0.3, 0.4) is 0 Å². The van der Waals surface area contributed by atoms with Crippen LogP contribution < -0.4 is 0 Å². The zero-order chi connectivity index (χ0) is 21.8. The van der Waals surface area contributed by atoms with Crippen molar-refractivity contribution in [3.05, 3.63) is 72.3 Å². The molecule has 0 saturated heterocycles. The zero-order valence-corrected chi connectivity index (χ0v) is 18.5. The van der Waals surface area contributed by atoms with E-state index in [-0.39, 0.29) is 5.97 Å². The minimum absolute atomic E-state index is 0.283. The predicted octanol–water partition coefficient (Wildman–Crippen LogP) is 7.99. The Labute approximate surface area is 187 Å². The third-order valence-electron chi connectivity index (χ3n) is 7.03. The Hall–Kier alpha value is -3.39. The van der Waals surface area contributed by atoms with Gasteiger partial charge in [-0.3, -0.25) is 0 Å². The second-order valence-corrected chi connectivity index (χ2v) is 9.19. The molecule has 0 aromatic heterocycles. The first-order chi connectivity index (χ1) is 15.6. The van der Waals surface area contributed by atoms with Crippen molar-refractivity contribution in [3.63, 3.8) is 0 Å². The Morgan fingerprint density at radius 1 is 0.719 bits per heavy atom. The number of carbonyl (C=O) groups is 1. The number of ether oxygens (including phenoxy) is 1. The van der Waals surface area contributed by atoms with Gasteiger partial charge in [0.25, 0.3) is 0 Å². The lowest BCUT2D eigenvalue weighted by molar-refractivity contribution is -0.139. The molecule has 6 aromatic rings. The summed E-state index contributed by atoms with van der Waals surface area (Å²) in [4.78, 5) is 11.5. The molecule has 2 heteroatoms. The van der Waals surface area contributed by atoms with Crippen LogP contribution in [0.4, 0.5) is 0 Å². The molecule has 0 aliphatic carbocycles. The van der Waals surface area contributed by atoms with E-state index in [1.807, 2.05) is 0 Å². The Kier molecular flexibility index (Phi) is 4.43. The Morgan fingerprint density at radius 2 is 1.25 bits per heavy atom. The SMILES string of the molecule is C=C(C)C(=O)OCCCCCCc1cc2ccc3ccc4ccc5ccc1c1c5c4c3c21. The van der Waals surface area contributed by atoms with Crippen LogP contribution >= 0.6 is 0 Å². The summed E-state index contributed by atoms with van der Waals surface area (Å²) in [7, 11) is 0. The molecule has 158 valence electrons. The molecule has 0 aliphatic rings. The van der Waals surface area contributed by atoms with Gasteiger partial charge in [-0.05, 0) is 85.6 Å². The van der Waals surface area contributed by atoms with Crippen LogP contribution in [0.15, 0.2) is 66.7 Å². The minimum atomic E-state index is -0.283. The molecule has 6 rings (SSSR count). The summed E-state index contributed by atoms with van der Waals surface area (Å²) in [5.41, 5.74) is 1.92. The molecule has 0 atom stereocenters. The van der Waals surface area contributed by atoms with Crippen LogP contribution in [0.5, 0.6) is 0 Å². The predicted molar refractivity (Wildman–Crippen MR) is 135 cm³/mol. The Morgan fingerprint density at radius 3 is 1.91 bits per heavy atom. The lowest BCUT2D eigenvalue weighted by Gasteiger charge is -2.11. The number of rotatable bonds is 8. The zero-order valence-electron chi connectivity index (χ0n) is 18.5. The summed E-state index contributed by atoms with van der Waals surface area (Å²) in [5, 5.41) is 14.0. The third kappa shape index (κ3) is 2.82. The molecule has 0 saturated carbocycles. The van der Waals surface area contributed by atoms with Crippen molar-refractivity contribution in [1.29, 1.82) is 0 Å². The normalized spacial score (nSPS) is 12.3. The van der Waals surface area contributed by atoms with E-state index in [4.69, 9.17) is 4.74 Å². The molecule has 0 N–H and O–H groups in total. The van der Waals surface area contributed by atoms with Gasteiger partial charge in [0.15, 0.2) is 0 Å². The van der Waals surface area contributed by atoms with E-state index in [1.165, 1.54) is 59.4 Å². The molecule has 32 heavy (non-hydrogen) atoms. The van der Waals surface area contributed by atoms with E-state index in [2.05, 4.69) is 61.2 Å². The molecule has 6 aromatic carbocycles. The largest absolute Gasteiger partial charge is 0.462 e. The molecule has 2 nitrogen and oxygen atoms in total. The summed E-state index contributed by atoms with van der Waals surface area (Å²) in [6.07, 6.45) is 5.35. The molecule has 0 unspecified atom stereocenters. The first-order valence-corrected chi connectivity index (χ1v) is 11.6. The van der Waals surface area contributed by atoms with E-state index in [1.54, 1.807) is 6.92 Å². The van der Waals surface area contributed by atoms with Crippen LogP contribution in [0.25, 0.3) is 53.9 Å². The highest BCUT2D eigenvalue weighted by Gasteiger charge is 2.21. The summed E-state index contributed by atoms with van der Waals surface area (Å²) >= 11 is 0. The summed E-state index contributed by atoms with van der Waals surface area (Å²) < 4.78 is 5.20. The molecule has 0 bridgehead atoms. The average Bonchev–Trinajstić information content (AvgIpc) is 3.17. The number of esters is 1. The van der Waals surface area contributed by atoms with Crippen LogP contribution in [-0.4, -0.2) is 12.6 Å². The van der Waals surface area contributed by atoms with Gasteiger partial charge < -0.3 is 4.74 Å². The molecule has 0 radical (unpaired) electrons. The van der Waals surface area contributed by atoms with Gasteiger partial charge in [-0.25, -0.2) is 4.79 Å². The number of unbranched alkanes of at least 4 members (excludes halogenated alkanes) is 3. The van der Waals surface area contributed by atoms with Crippen molar-refractivity contribution in [2.75, 3.05) is 6.61 Å². The van der Waals surface area contributed by atoms with Crippen molar-refractivity contribution >= 4 is 59.8 Å². The first kappa shape index (κ1) is 19.3. The smallest absolute Gasteiger partial charge is 0.333 e. The maximum atomic E-state index is 11.5. The van der Waals surface area contributed by atoms with Gasteiger partial charge in [-0.2, -0.15) is 0 Å². The van der Waals surface area contributed by atoms with Crippen molar-refractivity contribution in [3.8, 4) is 0 Å². The quantitative estimate of drug-likeness (QED) is 0.108. The molecule has 0 spiro atoms. The van der Waals surface area contributed by atoms with Gasteiger partial charge in [-0.1, -0.05) is 74.0 Å². The summed E-state index contributed by atoms with van der Waals surface area (Å²) in [5.74, 6) is -0.283. The molecule has 0 amide bonds. The first-order valence-electron chi connectivity index (χ1n) is 11.6. The second kappa shape index (κ2) is 7.34. The minimum Gasteiger partial charge on any atom is -0.462 e. The highest BCUT2D eigenvalue weighted by Crippen LogP contribution is 2.48. The maximum Gasteiger partial charge on any atom is 0.333 e. The Balaban J connectivity index is 1.29. The highest BCUT2D eigenvalue weighted by molar-refractivity contribution is 6.44. The second-order valence-electron chi connectivity index (χ2n) is 9.19. The van der Waals surface area contributed by atoms with Gasteiger partial charge in [0.1, 0.15) is 0 Å². The number of aryl methyl sites for hydroxylation is 1. The molecular weight excluding hydrogens is 392 g/mol. The van der Waals surface area contributed by atoms with Crippen molar-refractivity contribution in [1.82, 2.24) is 0 Å². The fourth-order valence-corrected chi connectivity index (χ4v) is 5.51. The fraction of sp³-hybridized carbons (Fsp3) is 0.233. The lowest BCUT2D eigenvalue weighted by atomic mass is 9.93. The fourth-order valence-electron chi connectivity index (χ4n) is 5.51. The van der Waals surface area contributed by atoms with Crippen molar-refractivity contribution < 1.29 is 9.53 Å². The molecule has 0 heterocycles. The number of hydrogen-bond acceptors (Lipinski definition) is 2. The molecule has 0 fully saturated rings. The average molecular weight is 419 g/mol. The monoisotopic (exact) mass is 418 g/mol. The Bertz CT molecular complexity index is 1550. The topological polar surface area (TPSA) is 26.3 Å². The van der Waals surface area contributed by atoms with Gasteiger partial charge in [-0.15, -0.1) is 0 Å². The molecular formula is C30H26O2. The highest BCUT2D eigenvalue weighted by atomic mass is 16.5. The van der Waals surface area contributed by atoms with Gasteiger partial charge in [0.2, 0.25) is 0 Å². The van der Waals surface area contributed by atoms with E-state index in [0.717, 1.165) is 32.1 Å². The van der Waals surface area contributed by atoms with Crippen molar-refractivity contribution in [2.24, 2.45) is 0 Å². The number of benzene rings is 5. The van der Waals surface area contributed by atoms with Crippen LogP contribution in [0.2, 0.25) is 0 Å². The van der Waals surface area contributed by atoms with Gasteiger partial charge >= 0.3 is 5.97 Å².